The Balaban J connectivity index is 2.33. The van der Waals surface area contributed by atoms with E-state index in [9.17, 15) is 0 Å². The highest BCUT2D eigenvalue weighted by atomic mass is 16.5. The van der Waals surface area contributed by atoms with Crippen LogP contribution in [0.3, 0.4) is 0 Å². The molecule has 0 fully saturated rings. The molecule has 2 rings (SSSR count). The number of nitrogens with two attached hydrogens (primary N) is 1. The van der Waals surface area contributed by atoms with Crippen LogP contribution in [0.2, 0.25) is 0 Å². The zero-order valence-electron chi connectivity index (χ0n) is 11.5. The first-order valence-electron chi connectivity index (χ1n) is 6.33. The summed E-state index contributed by atoms with van der Waals surface area (Å²) in [6.45, 7) is 2.56. The van der Waals surface area contributed by atoms with Crippen LogP contribution in [0.15, 0.2) is 36.7 Å². The van der Waals surface area contributed by atoms with Crippen LogP contribution in [0.4, 0.5) is 0 Å². The molecule has 1 aromatic carbocycles. The number of rotatable bonds is 6. The maximum Gasteiger partial charge on any atom is 0.216 e. The second-order valence-corrected chi connectivity index (χ2v) is 4.09. The van der Waals surface area contributed by atoms with Crippen LogP contribution >= 0.6 is 0 Å². The second-order valence-electron chi connectivity index (χ2n) is 4.09. The van der Waals surface area contributed by atoms with Crippen LogP contribution in [0.5, 0.6) is 11.6 Å². The minimum Gasteiger partial charge on any atom is -0.494 e. The van der Waals surface area contributed by atoms with Crippen molar-refractivity contribution in [2.24, 2.45) is 5.84 Å². The maximum atomic E-state index is 5.66. The van der Waals surface area contributed by atoms with Gasteiger partial charge in [0.2, 0.25) is 5.88 Å². The van der Waals surface area contributed by atoms with Crippen molar-refractivity contribution in [3.8, 4) is 11.6 Å². The highest BCUT2D eigenvalue weighted by Gasteiger charge is 2.15. The number of ether oxygens (including phenoxy) is 2. The van der Waals surface area contributed by atoms with Gasteiger partial charge >= 0.3 is 0 Å². The fourth-order valence-electron chi connectivity index (χ4n) is 1.93. The van der Waals surface area contributed by atoms with Crippen LogP contribution in [0, 0.1) is 0 Å². The van der Waals surface area contributed by atoms with Crippen LogP contribution in [-0.2, 0) is 0 Å². The van der Waals surface area contributed by atoms with Gasteiger partial charge in [0.05, 0.1) is 25.5 Å². The average Bonchev–Trinajstić information content (AvgIpc) is 2.49. The van der Waals surface area contributed by atoms with Gasteiger partial charge in [-0.25, -0.2) is 15.4 Å². The molecule has 0 saturated carbocycles. The number of methoxy groups -OCH3 is 1. The molecule has 0 aliphatic rings. The van der Waals surface area contributed by atoms with Gasteiger partial charge in [-0.15, -0.1) is 0 Å². The number of nitrogens with zero attached hydrogens (tertiary/aromatic N) is 2. The van der Waals surface area contributed by atoms with Gasteiger partial charge in [-0.05, 0) is 24.6 Å². The predicted molar refractivity (Wildman–Crippen MR) is 75.4 cm³/mol. The number of hydrogen-bond donors (Lipinski definition) is 2. The fourth-order valence-corrected chi connectivity index (χ4v) is 1.93. The summed E-state index contributed by atoms with van der Waals surface area (Å²) < 4.78 is 10.6. The lowest BCUT2D eigenvalue weighted by molar-refractivity contribution is 0.339. The van der Waals surface area contributed by atoms with Gasteiger partial charge in [0, 0.05) is 6.07 Å². The first-order chi connectivity index (χ1) is 9.78. The van der Waals surface area contributed by atoms with Crippen LogP contribution in [0.25, 0.3) is 0 Å². The number of hydrogen-bond acceptors (Lipinski definition) is 6. The molecule has 0 spiro atoms. The molecule has 1 atom stereocenters. The summed E-state index contributed by atoms with van der Waals surface area (Å²) in [5.74, 6) is 6.95. The van der Waals surface area contributed by atoms with Crippen LogP contribution < -0.4 is 20.7 Å². The highest BCUT2D eigenvalue weighted by Crippen LogP contribution is 2.24. The van der Waals surface area contributed by atoms with Crippen LogP contribution in [-0.4, -0.2) is 23.7 Å². The van der Waals surface area contributed by atoms with Crippen molar-refractivity contribution in [2.75, 3.05) is 13.7 Å². The molecule has 0 bridgehead atoms. The Labute approximate surface area is 117 Å². The Bertz CT molecular complexity index is 562. The van der Waals surface area contributed by atoms with E-state index in [0.29, 0.717) is 12.5 Å². The molecule has 0 radical (unpaired) electrons. The van der Waals surface area contributed by atoms with E-state index < -0.39 is 0 Å². The molecule has 0 aliphatic carbocycles. The summed E-state index contributed by atoms with van der Waals surface area (Å²) in [7, 11) is 1.56. The Morgan fingerprint density at radius 3 is 2.85 bits per heavy atom. The molecule has 6 heteroatoms. The van der Waals surface area contributed by atoms with E-state index in [1.165, 1.54) is 6.33 Å². The summed E-state index contributed by atoms with van der Waals surface area (Å²) in [5, 5.41) is 0. The van der Waals surface area contributed by atoms with Gasteiger partial charge in [0.25, 0.3) is 0 Å². The van der Waals surface area contributed by atoms with Crippen molar-refractivity contribution < 1.29 is 9.47 Å². The summed E-state index contributed by atoms with van der Waals surface area (Å²) in [5.41, 5.74) is 4.44. The van der Waals surface area contributed by atoms with Crippen molar-refractivity contribution >= 4 is 0 Å². The molecule has 0 amide bonds. The van der Waals surface area contributed by atoms with Gasteiger partial charge in [-0.2, -0.15) is 0 Å². The number of hydrazine groups is 1. The molecular formula is C14H18N4O2. The standard InChI is InChI=1S/C14H18N4O2/c1-3-20-11-6-4-5-10(7-11)14(18-15)12-8-13(19-2)17-9-16-12/h4-9,14,18H,3,15H2,1-2H3. The first kappa shape index (κ1) is 14.2. The van der Waals surface area contributed by atoms with E-state index >= 15 is 0 Å². The lowest BCUT2D eigenvalue weighted by Crippen LogP contribution is -2.29. The smallest absolute Gasteiger partial charge is 0.216 e. The molecule has 0 saturated heterocycles. The topological polar surface area (TPSA) is 82.3 Å². The molecule has 6 nitrogen and oxygen atoms in total. The molecule has 20 heavy (non-hydrogen) atoms. The summed E-state index contributed by atoms with van der Waals surface area (Å²) in [6.07, 6.45) is 1.45. The number of benzene rings is 1. The van der Waals surface area contributed by atoms with E-state index in [1.807, 2.05) is 31.2 Å². The predicted octanol–water partition coefficient (Wildman–Crippen LogP) is 1.44. The van der Waals surface area contributed by atoms with Gasteiger partial charge in [0.1, 0.15) is 12.1 Å². The highest BCUT2D eigenvalue weighted by molar-refractivity contribution is 5.35. The molecule has 0 aliphatic heterocycles. The van der Waals surface area contributed by atoms with Crippen molar-refractivity contribution in [1.82, 2.24) is 15.4 Å². The van der Waals surface area contributed by atoms with E-state index in [4.69, 9.17) is 15.3 Å². The monoisotopic (exact) mass is 274 g/mol. The second kappa shape index (κ2) is 6.83. The Morgan fingerprint density at radius 1 is 1.30 bits per heavy atom. The molecule has 1 unspecified atom stereocenters. The van der Waals surface area contributed by atoms with Crippen molar-refractivity contribution in [3.05, 3.63) is 47.9 Å². The summed E-state index contributed by atoms with van der Waals surface area (Å²) in [6, 6.07) is 9.21. The number of aromatic nitrogens is 2. The quantitative estimate of drug-likeness (QED) is 0.612. The Kier molecular flexibility index (Phi) is 4.86. The van der Waals surface area contributed by atoms with E-state index in [0.717, 1.165) is 17.0 Å². The van der Waals surface area contributed by atoms with Crippen molar-refractivity contribution in [3.63, 3.8) is 0 Å². The SMILES string of the molecule is CCOc1cccc(C(NN)c2cc(OC)ncn2)c1. The minimum atomic E-state index is -0.257. The maximum absolute atomic E-state index is 5.66. The average molecular weight is 274 g/mol. The number of nitrogens with one attached hydrogen (secondary N) is 1. The molecular weight excluding hydrogens is 256 g/mol. The Morgan fingerprint density at radius 2 is 2.15 bits per heavy atom. The fraction of sp³-hybridized carbons (Fsp3) is 0.286. The van der Waals surface area contributed by atoms with E-state index in [2.05, 4.69) is 15.4 Å². The molecule has 1 aromatic heterocycles. The van der Waals surface area contributed by atoms with Gasteiger partial charge < -0.3 is 9.47 Å². The van der Waals surface area contributed by atoms with Crippen molar-refractivity contribution in [1.29, 1.82) is 0 Å². The van der Waals surface area contributed by atoms with Crippen LogP contribution in [0.1, 0.15) is 24.2 Å². The minimum absolute atomic E-state index is 0.257. The zero-order chi connectivity index (χ0) is 14.4. The molecule has 3 N–H and O–H groups in total. The summed E-state index contributed by atoms with van der Waals surface area (Å²) >= 11 is 0. The molecule has 106 valence electrons. The summed E-state index contributed by atoms with van der Waals surface area (Å²) in [4.78, 5) is 8.22. The first-order valence-corrected chi connectivity index (χ1v) is 6.33. The molecule has 1 heterocycles. The lowest BCUT2D eigenvalue weighted by Gasteiger charge is -2.17. The van der Waals surface area contributed by atoms with E-state index in [-0.39, 0.29) is 6.04 Å². The van der Waals surface area contributed by atoms with Gasteiger partial charge in [-0.3, -0.25) is 5.84 Å². The lowest BCUT2D eigenvalue weighted by atomic mass is 10.0. The van der Waals surface area contributed by atoms with Crippen molar-refractivity contribution in [2.45, 2.75) is 13.0 Å². The third kappa shape index (κ3) is 3.23. The third-order valence-electron chi connectivity index (χ3n) is 2.84. The van der Waals surface area contributed by atoms with Gasteiger partial charge in [-0.1, -0.05) is 12.1 Å². The zero-order valence-corrected chi connectivity index (χ0v) is 11.5. The van der Waals surface area contributed by atoms with Gasteiger partial charge in [0.15, 0.2) is 0 Å². The Hall–Kier alpha value is -2.18. The largest absolute Gasteiger partial charge is 0.494 e. The van der Waals surface area contributed by atoms with E-state index in [1.54, 1.807) is 13.2 Å². The molecule has 2 aromatic rings. The third-order valence-corrected chi connectivity index (χ3v) is 2.84. The normalized spacial score (nSPS) is 11.9.